The van der Waals surface area contributed by atoms with Crippen LogP contribution in [0.25, 0.3) is 17.5 Å². The van der Waals surface area contributed by atoms with E-state index in [1.54, 1.807) is 24.4 Å². The Morgan fingerprint density at radius 1 is 1.03 bits per heavy atom. The molecule has 3 aliphatic rings. The number of nitrogens with zero attached hydrogens (tertiary/aromatic N) is 5. The van der Waals surface area contributed by atoms with Crippen LogP contribution in [-0.4, -0.2) is 82.6 Å². The van der Waals surface area contributed by atoms with Crippen molar-refractivity contribution in [3.05, 3.63) is 71.9 Å². The van der Waals surface area contributed by atoms with Gasteiger partial charge in [0, 0.05) is 38.8 Å². The summed E-state index contributed by atoms with van der Waals surface area (Å²) in [6.45, 7) is 6.57. The number of ether oxygens (including phenoxy) is 1. The lowest BCUT2D eigenvalue weighted by Crippen LogP contribution is -2.49. The zero-order chi connectivity index (χ0) is 26.6. The SMILES string of the molecule is N=C(/C=C\c1ncc(-c2cccc(N3CCC(N4CCOCC4)CC3)n2)[nH]1)N1CCCC1c1cccc(F)c1. The van der Waals surface area contributed by atoms with E-state index in [2.05, 4.69) is 31.9 Å². The van der Waals surface area contributed by atoms with E-state index in [1.165, 1.54) is 6.07 Å². The lowest BCUT2D eigenvalue weighted by atomic mass is 10.0. The molecule has 0 saturated carbocycles. The number of imidazole rings is 1. The van der Waals surface area contributed by atoms with Gasteiger partial charge in [-0.3, -0.25) is 10.3 Å². The Bertz CT molecular complexity index is 1310. The van der Waals surface area contributed by atoms with Gasteiger partial charge in [0.1, 0.15) is 23.3 Å². The number of piperidine rings is 1. The molecule has 6 rings (SSSR count). The number of rotatable bonds is 6. The van der Waals surface area contributed by atoms with Crippen LogP contribution in [0, 0.1) is 11.2 Å². The fourth-order valence-electron chi connectivity index (χ4n) is 6.07. The second-order valence-electron chi connectivity index (χ2n) is 10.6. The lowest BCUT2D eigenvalue weighted by molar-refractivity contribution is 0.0115. The van der Waals surface area contributed by atoms with Gasteiger partial charge in [-0.05, 0) is 67.7 Å². The highest BCUT2D eigenvalue weighted by Gasteiger charge is 2.28. The molecule has 2 N–H and O–H groups in total. The van der Waals surface area contributed by atoms with Gasteiger partial charge in [-0.15, -0.1) is 0 Å². The topological polar surface area (TPSA) is 84.4 Å². The second kappa shape index (κ2) is 11.7. The Balaban J connectivity index is 1.08. The second-order valence-corrected chi connectivity index (χ2v) is 10.6. The van der Waals surface area contributed by atoms with Crippen molar-refractivity contribution in [2.24, 2.45) is 0 Å². The van der Waals surface area contributed by atoms with Crippen LogP contribution < -0.4 is 4.90 Å². The van der Waals surface area contributed by atoms with Gasteiger partial charge >= 0.3 is 0 Å². The Labute approximate surface area is 229 Å². The maximum atomic E-state index is 13.8. The largest absolute Gasteiger partial charge is 0.379 e. The fourth-order valence-corrected chi connectivity index (χ4v) is 6.07. The van der Waals surface area contributed by atoms with E-state index >= 15 is 0 Å². The number of aromatic amines is 1. The summed E-state index contributed by atoms with van der Waals surface area (Å²) in [5.74, 6) is 1.84. The molecule has 3 fully saturated rings. The van der Waals surface area contributed by atoms with Crippen LogP contribution >= 0.6 is 0 Å². The van der Waals surface area contributed by atoms with Gasteiger partial charge in [-0.1, -0.05) is 18.2 Å². The highest BCUT2D eigenvalue weighted by Crippen LogP contribution is 2.32. The molecule has 3 aliphatic heterocycles. The van der Waals surface area contributed by atoms with Gasteiger partial charge in [0.25, 0.3) is 0 Å². The number of hydrogen-bond acceptors (Lipinski definition) is 6. The molecule has 3 saturated heterocycles. The number of nitrogens with one attached hydrogen (secondary N) is 2. The normalized spacial score (nSPS) is 21.2. The Morgan fingerprint density at radius 3 is 2.67 bits per heavy atom. The molecule has 1 atom stereocenters. The zero-order valence-electron chi connectivity index (χ0n) is 22.2. The molecule has 0 aliphatic carbocycles. The number of likely N-dealkylation sites (tertiary alicyclic amines) is 1. The molecular formula is C30H36FN7O. The summed E-state index contributed by atoms with van der Waals surface area (Å²) in [6.07, 6.45) is 9.58. The minimum Gasteiger partial charge on any atom is -0.379 e. The maximum absolute atomic E-state index is 13.8. The van der Waals surface area contributed by atoms with Crippen molar-refractivity contribution >= 4 is 17.7 Å². The highest BCUT2D eigenvalue weighted by molar-refractivity contribution is 5.94. The van der Waals surface area contributed by atoms with Crippen molar-refractivity contribution in [3.63, 3.8) is 0 Å². The number of halogens is 1. The number of amidine groups is 1. The molecule has 0 radical (unpaired) electrons. The number of pyridine rings is 1. The van der Waals surface area contributed by atoms with E-state index in [4.69, 9.17) is 15.1 Å². The van der Waals surface area contributed by atoms with Crippen molar-refractivity contribution in [2.75, 3.05) is 50.8 Å². The molecular weight excluding hydrogens is 493 g/mol. The van der Waals surface area contributed by atoms with Crippen molar-refractivity contribution < 1.29 is 9.13 Å². The van der Waals surface area contributed by atoms with Gasteiger partial charge in [0.2, 0.25) is 0 Å². The van der Waals surface area contributed by atoms with Crippen LogP contribution in [-0.2, 0) is 4.74 Å². The zero-order valence-corrected chi connectivity index (χ0v) is 22.2. The minimum atomic E-state index is -0.236. The summed E-state index contributed by atoms with van der Waals surface area (Å²) in [5.41, 5.74) is 2.63. The van der Waals surface area contributed by atoms with Crippen LogP contribution in [0.15, 0.2) is 54.7 Å². The number of aromatic nitrogens is 3. The van der Waals surface area contributed by atoms with Crippen LogP contribution in [0.2, 0.25) is 0 Å². The first-order valence-corrected chi connectivity index (χ1v) is 14.0. The van der Waals surface area contributed by atoms with Gasteiger partial charge in [-0.2, -0.15) is 0 Å². The number of anilines is 1. The summed E-state index contributed by atoms with van der Waals surface area (Å²) in [7, 11) is 0. The molecule has 8 nitrogen and oxygen atoms in total. The highest BCUT2D eigenvalue weighted by atomic mass is 19.1. The van der Waals surface area contributed by atoms with Crippen molar-refractivity contribution in [3.8, 4) is 11.4 Å². The summed E-state index contributed by atoms with van der Waals surface area (Å²) >= 11 is 0. The maximum Gasteiger partial charge on any atom is 0.130 e. The number of benzene rings is 1. The molecule has 5 heterocycles. The van der Waals surface area contributed by atoms with E-state index in [0.717, 1.165) is 94.4 Å². The monoisotopic (exact) mass is 529 g/mol. The number of morpholine rings is 1. The summed E-state index contributed by atoms with van der Waals surface area (Å²) < 4.78 is 19.3. The van der Waals surface area contributed by atoms with Gasteiger partial charge in [-0.25, -0.2) is 14.4 Å². The molecule has 2 aromatic heterocycles. The first-order valence-electron chi connectivity index (χ1n) is 14.0. The van der Waals surface area contributed by atoms with E-state index < -0.39 is 0 Å². The van der Waals surface area contributed by atoms with Gasteiger partial charge < -0.3 is 19.5 Å². The van der Waals surface area contributed by atoms with E-state index in [1.807, 2.05) is 23.1 Å². The van der Waals surface area contributed by atoms with Crippen molar-refractivity contribution in [1.82, 2.24) is 24.8 Å². The third-order valence-electron chi connectivity index (χ3n) is 8.15. The molecule has 1 unspecified atom stereocenters. The number of hydrogen-bond donors (Lipinski definition) is 2. The third kappa shape index (κ3) is 5.89. The smallest absolute Gasteiger partial charge is 0.130 e. The minimum absolute atomic E-state index is 0.0240. The molecule has 39 heavy (non-hydrogen) atoms. The Hall–Kier alpha value is -3.56. The van der Waals surface area contributed by atoms with Crippen LogP contribution in [0.4, 0.5) is 10.2 Å². The average Bonchev–Trinajstić information content (AvgIpc) is 3.67. The van der Waals surface area contributed by atoms with Crippen LogP contribution in [0.5, 0.6) is 0 Å². The molecule has 204 valence electrons. The van der Waals surface area contributed by atoms with Crippen LogP contribution in [0.1, 0.15) is 43.1 Å². The molecule has 0 bridgehead atoms. The molecule has 0 amide bonds. The van der Waals surface area contributed by atoms with E-state index in [9.17, 15) is 4.39 Å². The predicted molar refractivity (Wildman–Crippen MR) is 151 cm³/mol. The van der Waals surface area contributed by atoms with Crippen molar-refractivity contribution in [2.45, 2.75) is 37.8 Å². The summed E-state index contributed by atoms with van der Waals surface area (Å²) in [4.78, 5) is 19.8. The first-order chi connectivity index (χ1) is 19.1. The molecule has 0 spiro atoms. The summed E-state index contributed by atoms with van der Waals surface area (Å²) in [6, 6.07) is 13.5. The quantitative estimate of drug-likeness (QED) is 0.355. The molecule has 1 aromatic carbocycles. The van der Waals surface area contributed by atoms with Crippen molar-refractivity contribution in [1.29, 1.82) is 5.41 Å². The Kier molecular flexibility index (Phi) is 7.69. The van der Waals surface area contributed by atoms with E-state index in [-0.39, 0.29) is 11.9 Å². The molecule has 3 aromatic rings. The third-order valence-corrected chi connectivity index (χ3v) is 8.15. The fraction of sp³-hybridized carbons (Fsp3) is 0.433. The Morgan fingerprint density at radius 2 is 1.85 bits per heavy atom. The van der Waals surface area contributed by atoms with Crippen LogP contribution in [0.3, 0.4) is 0 Å². The van der Waals surface area contributed by atoms with Gasteiger partial charge in [0.15, 0.2) is 0 Å². The lowest BCUT2D eigenvalue weighted by Gasteiger charge is -2.40. The number of H-pyrrole nitrogens is 1. The first kappa shape index (κ1) is 25.7. The summed E-state index contributed by atoms with van der Waals surface area (Å²) in [5, 5.41) is 8.64. The van der Waals surface area contributed by atoms with E-state index in [0.29, 0.717) is 17.7 Å². The standard InChI is InChI=1S/C30H36FN7O/c31-23-5-1-4-22(20-23)27-7-3-13-38(27)28(32)9-10-29-33-21-26(34-29)25-6-2-8-30(35-25)37-14-11-24(12-15-37)36-16-18-39-19-17-36/h1-2,4-6,8-10,20-21,24,27,32H,3,7,11-19H2,(H,33,34)/b10-9-,32-28?. The van der Waals surface area contributed by atoms with Gasteiger partial charge in [0.05, 0.1) is 36.8 Å². The average molecular weight is 530 g/mol. The molecule has 9 heteroatoms. The predicted octanol–water partition coefficient (Wildman–Crippen LogP) is 4.74.